The van der Waals surface area contributed by atoms with E-state index in [1.165, 1.54) is 0 Å². The Morgan fingerprint density at radius 3 is 1.59 bits per heavy atom. The highest BCUT2D eigenvalue weighted by atomic mass is 35.5. The molecule has 8 heteroatoms. The zero-order valence-corrected chi connectivity index (χ0v) is 17.9. The fourth-order valence-corrected chi connectivity index (χ4v) is 2.59. The van der Waals surface area contributed by atoms with Crippen LogP contribution >= 0.6 is 23.2 Å². The van der Waals surface area contributed by atoms with Crippen LogP contribution in [0.3, 0.4) is 0 Å². The molecule has 2 amide bonds. The predicted octanol–water partition coefficient (Wildman–Crippen LogP) is 3.69. The quantitative estimate of drug-likeness (QED) is 0.554. The van der Waals surface area contributed by atoms with Gasteiger partial charge in [-0.1, -0.05) is 23.2 Å². The standard InChI is InChI=1S/C21H24Cl2N2O4/c1-14-10-16(4-6-18(14)22)28-12-20(26)24-8-3-9-25-21(27)13-29-17-5-7-19(23)15(2)11-17/h4-7,10-11H,3,8-9,12-13H2,1-2H3,(H,24,26)(H,25,27). The molecule has 2 rings (SSSR count). The molecule has 0 fully saturated rings. The number of halogens is 2. The summed E-state index contributed by atoms with van der Waals surface area (Å²) in [7, 11) is 0. The molecule has 156 valence electrons. The van der Waals surface area contributed by atoms with Gasteiger partial charge in [-0.3, -0.25) is 9.59 Å². The molecule has 29 heavy (non-hydrogen) atoms. The molecular formula is C21H24Cl2N2O4. The Labute approximate surface area is 180 Å². The fraction of sp³-hybridized carbons (Fsp3) is 0.333. The third-order valence-corrected chi connectivity index (χ3v) is 4.84. The summed E-state index contributed by atoms with van der Waals surface area (Å²) >= 11 is 11.9. The van der Waals surface area contributed by atoms with Crippen molar-refractivity contribution >= 4 is 35.0 Å². The van der Waals surface area contributed by atoms with E-state index >= 15 is 0 Å². The summed E-state index contributed by atoms with van der Waals surface area (Å²) in [5, 5.41) is 6.77. The summed E-state index contributed by atoms with van der Waals surface area (Å²) in [5.41, 5.74) is 1.77. The van der Waals surface area contributed by atoms with Gasteiger partial charge in [0.1, 0.15) is 11.5 Å². The second-order valence-electron chi connectivity index (χ2n) is 6.45. The van der Waals surface area contributed by atoms with Gasteiger partial charge in [-0.15, -0.1) is 0 Å². The molecule has 0 atom stereocenters. The Balaban J connectivity index is 1.55. The van der Waals surface area contributed by atoms with Gasteiger partial charge in [0.15, 0.2) is 13.2 Å². The molecule has 0 saturated heterocycles. The Hall–Kier alpha value is -2.44. The number of aryl methyl sites for hydroxylation is 2. The minimum atomic E-state index is -0.231. The van der Waals surface area contributed by atoms with Crippen LogP contribution < -0.4 is 20.1 Å². The lowest BCUT2D eigenvalue weighted by atomic mass is 10.2. The molecule has 0 saturated carbocycles. The topological polar surface area (TPSA) is 76.7 Å². The Morgan fingerprint density at radius 2 is 1.21 bits per heavy atom. The van der Waals surface area contributed by atoms with Gasteiger partial charge in [0.05, 0.1) is 0 Å². The van der Waals surface area contributed by atoms with Crippen LogP contribution in [0.25, 0.3) is 0 Å². The number of hydrogen-bond acceptors (Lipinski definition) is 4. The average Bonchev–Trinajstić information content (AvgIpc) is 2.69. The van der Waals surface area contributed by atoms with Crippen LogP contribution in [-0.4, -0.2) is 38.1 Å². The van der Waals surface area contributed by atoms with E-state index in [1.54, 1.807) is 36.4 Å². The van der Waals surface area contributed by atoms with Crippen LogP contribution in [0.2, 0.25) is 10.0 Å². The number of nitrogens with one attached hydrogen (secondary N) is 2. The number of ether oxygens (including phenoxy) is 2. The molecule has 0 aliphatic carbocycles. The molecule has 0 bridgehead atoms. The van der Waals surface area contributed by atoms with E-state index in [9.17, 15) is 9.59 Å². The molecule has 0 aromatic heterocycles. The number of carbonyl (C=O) groups excluding carboxylic acids is 2. The molecule has 2 aromatic rings. The SMILES string of the molecule is Cc1cc(OCC(=O)NCCCNC(=O)COc2ccc(Cl)c(C)c2)ccc1Cl. The van der Waals surface area contributed by atoms with Crippen molar-refractivity contribution in [2.24, 2.45) is 0 Å². The van der Waals surface area contributed by atoms with Gasteiger partial charge in [0.25, 0.3) is 11.8 Å². The summed E-state index contributed by atoms with van der Waals surface area (Å²) < 4.78 is 10.8. The molecular weight excluding hydrogens is 415 g/mol. The monoisotopic (exact) mass is 438 g/mol. The van der Waals surface area contributed by atoms with E-state index < -0.39 is 0 Å². The largest absolute Gasteiger partial charge is 0.484 e. The van der Waals surface area contributed by atoms with E-state index in [-0.39, 0.29) is 25.0 Å². The van der Waals surface area contributed by atoms with E-state index in [2.05, 4.69) is 10.6 Å². The molecule has 2 aromatic carbocycles. The summed E-state index contributed by atoms with van der Waals surface area (Å²) in [6.45, 7) is 4.43. The molecule has 0 aliphatic rings. The lowest BCUT2D eigenvalue weighted by Gasteiger charge is -2.10. The number of benzene rings is 2. The lowest BCUT2D eigenvalue weighted by Crippen LogP contribution is -2.34. The average molecular weight is 439 g/mol. The first-order valence-corrected chi connectivity index (χ1v) is 9.92. The van der Waals surface area contributed by atoms with E-state index in [0.717, 1.165) is 11.1 Å². The Morgan fingerprint density at radius 1 is 0.793 bits per heavy atom. The minimum absolute atomic E-state index is 0.0816. The minimum Gasteiger partial charge on any atom is -0.484 e. The van der Waals surface area contributed by atoms with Gasteiger partial charge < -0.3 is 20.1 Å². The van der Waals surface area contributed by atoms with Crippen molar-refractivity contribution in [1.29, 1.82) is 0 Å². The van der Waals surface area contributed by atoms with Crippen molar-refractivity contribution < 1.29 is 19.1 Å². The third kappa shape index (κ3) is 8.21. The van der Waals surface area contributed by atoms with Crippen LogP contribution in [0.5, 0.6) is 11.5 Å². The van der Waals surface area contributed by atoms with Gasteiger partial charge in [0.2, 0.25) is 0 Å². The van der Waals surface area contributed by atoms with Crippen LogP contribution in [0.4, 0.5) is 0 Å². The second kappa shape index (κ2) is 11.5. The summed E-state index contributed by atoms with van der Waals surface area (Å²) in [6, 6.07) is 10.4. The maximum Gasteiger partial charge on any atom is 0.257 e. The Kier molecular flexibility index (Phi) is 9.09. The molecule has 0 heterocycles. The molecule has 2 N–H and O–H groups in total. The molecule has 6 nitrogen and oxygen atoms in total. The van der Waals surface area contributed by atoms with Crippen molar-refractivity contribution in [2.75, 3.05) is 26.3 Å². The second-order valence-corrected chi connectivity index (χ2v) is 7.27. The van der Waals surface area contributed by atoms with Crippen LogP contribution in [0.15, 0.2) is 36.4 Å². The maximum atomic E-state index is 11.8. The Bertz CT molecular complexity index is 789. The molecule has 0 spiro atoms. The number of hydrogen-bond donors (Lipinski definition) is 2. The number of carbonyl (C=O) groups is 2. The van der Waals surface area contributed by atoms with Crippen LogP contribution in [0, 0.1) is 13.8 Å². The zero-order valence-electron chi connectivity index (χ0n) is 16.4. The van der Waals surface area contributed by atoms with Gasteiger partial charge in [0, 0.05) is 23.1 Å². The van der Waals surface area contributed by atoms with Gasteiger partial charge in [-0.05, 0) is 67.8 Å². The molecule has 0 aliphatic heterocycles. The normalized spacial score (nSPS) is 10.3. The first-order chi connectivity index (χ1) is 13.8. The van der Waals surface area contributed by atoms with Crippen molar-refractivity contribution in [1.82, 2.24) is 10.6 Å². The highest BCUT2D eigenvalue weighted by Crippen LogP contribution is 2.21. The first-order valence-electron chi connectivity index (χ1n) is 9.16. The highest BCUT2D eigenvalue weighted by molar-refractivity contribution is 6.31. The van der Waals surface area contributed by atoms with Gasteiger partial charge >= 0.3 is 0 Å². The van der Waals surface area contributed by atoms with Gasteiger partial charge in [-0.25, -0.2) is 0 Å². The van der Waals surface area contributed by atoms with Crippen molar-refractivity contribution in [3.63, 3.8) is 0 Å². The zero-order chi connectivity index (χ0) is 21.2. The van der Waals surface area contributed by atoms with Crippen molar-refractivity contribution in [2.45, 2.75) is 20.3 Å². The fourth-order valence-electron chi connectivity index (χ4n) is 2.36. The van der Waals surface area contributed by atoms with Crippen molar-refractivity contribution in [3.05, 3.63) is 57.6 Å². The number of rotatable bonds is 10. The first kappa shape index (κ1) is 22.8. The summed E-state index contributed by atoms with van der Waals surface area (Å²) in [6.07, 6.45) is 0.595. The van der Waals surface area contributed by atoms with Crippen LogP contribution in [0.1, 0.15) is 17.5 Å². The summed E-state index contributed by atoms with van der Waals surface area (Å²) in [4.78, 5) is 23.6. The maximum absolute atomic E-state index is 11.8. The van der Waals surface area contributed by atoms with E-state index in [1.807, 2.05) is 13.8 Å². The number of amides is 2. The van der Waals surface area contributed by atoms with E-state index in [0.29, 0.717) is 41.1 Å². The predicted molar refractivity (Wildman–Crippen MR) is 114 cm³/mol. The smallest absolute Gasteiger partial charge is 0.257 e. The van der Waals surface area contributed by atoms with E-state index in [4.69, 9.17) is 32.7 Å². The third-order valence-electron chi connectivity index (χ3n) is 4.00. The molecule has 0 radical (unpaired) electrons. The van der Waals surface area contributed by atoms with Crippen molar-refractivity contribution in [3.8, 4) is 11.5 Å². The summed E-state index contributed by atoms with van der Waals surface area (Å²) in [5.74, 6) is 0.714. The lowest BCUT2D eigenvalue weighted by molar-refractivity contribution is -0.123. The molecule has 0 unspecified atom stereocenters. The highest BCUT2D eigenvalue weighted by Gasteiger charge is 2.06. The van der Waals surface area contributed by atoms with Gasteiger partial charge in [-0.2, -0.15) is 0 Å². The van der Waals surface area contributed by atoms with Crippen LogP contribution in [-0.2, 0) is 9.59 Å².